The quantitative estimate of drug-likeness (QED) is 0.252. The molecule has 3 saturated carbocycles. The molecule has 176 valence electrons. The van der Waals surface area contributed by atoms with E-state index in [0.29, 0.717) is 0 Å². The molecule has 3 unspecified atom stereocenters. The van der Waals surface area contributed by atoms with Gasteiger partial charge < -0.3 is 0 Å². The van der Waals surface area contributed by atoms with Gasteiger partial charge in [0.05, 0.1) is 26.4 Å². The van der Waals surface area contributed by atoms with E-state index in [1.165, 1.54) is 96.3 Å². The summed E-state index contributed by atoms with van der Waals surface area (Å²) >= 11 is 0. The standard InChI is InChI=1S/C28H52Si3/c1-4-29(22-25-16-10-7-11-17-25)28(30(5-2)23-26-18-12-8-13-19-26)31(6-3)24-27-20-14-9-15-21-27/h4-6,25-31H,1-3,7-24H2. The Morgan fingerprint density at radius 3 is 0.968 bits per heavy atom. The first kappa shape index (κ1) is 25.5. The van der Waals surface area contributed by atoms with Crippen LogP contribution in [-0.4, -0.2) is 26.4 Å². The molecule has 3 aliphatic rings. The highest BCUT2D eigenvalue weighted by atomic mass is 28.4. The Labute approximate surface area is 199 Å². The molecule has 0 saturated heterocycles. The highest BCUT2D eigenvalue weighted by Gasteiger charge is 2.38. The summed E-state index contributed by atoms with van der Waals surface area (Å²) in [7, 11) is -2.85. The third-order valence-corrected chi connectivity index (χ3v) is 26.7. The summed E-state index contributed by atoms with van der Waals surface area (Å²) in [6.07, 6.45) is 22.4. The zero-order valence-electron chi connectivity index (χ0n) is 20.6. The minimum atomic E-state index is -0.951. The van der Waals surface area contributed by atoms with Crippen molar-refractivity contribution in [2.75, 3.05) is 0 Å². The van der Waals surface area contributed by atoms with Gasteiger partial charge in [-0.3, -0.25) is 0 Å². The minimum Gasteiger partial charge on any atom is -0.107 e. The lowest BCUT2D eigenvalue weighted by Gasteiger charge is -2.39. The zero-order chi connectivity index (χ0) is 21.9. The van der Waals surface area contributed by atoms with Crippen molar-refractivity contribution in [3.8, 4) is 0 Å². The highest BCUT2D eigenvalue weighted by Crippen LogP contribution is 2.39. The lowest BCUT2D eigenvalue weighted by molar-refractivity contribution is 0.380. The van der Waals surface area contributed by atoms with Crippen molar-refractivity contribution in [3.05, 3.63) is 36.8 Å². The first-order chi connectivity index (χ1) is 15.2. The van der Waals surface area contributed by atoms with Crippen molar-refractivity contribution >= 4 is 26.4 Å². The molecule has 0 aliphatic heterocycles. The van der Waals surface area contributed by atoms with Gasteiger partial charge in [-0.25, -0.2) is 0 Å². The summed E-state index contributed by atoms with van der Waals surface area (Å²) in [5.41, 5.74) is 7.69. The van der Waals surface area contributed by atoms with Gasteiger partial charge in [-0.1, -0.05) is 119 Å². The third-order valence-electron chi connectivity index (χ3n) is 9.38. The van der Waals surface area contributed by atoms with Gasteiger partial charge in [0, 0.05) is 0 Å². The van der Waals surface area contributed by atoms with Crippen LogP contribution in [-0.2, 0) is 0 Å². The van der Waals surface area contributed by atoms with E-state index in [-0.39, 0.29) is 0 Å². The summed E-state index contributed by atoms with van der Waals surface area (Å²) in [5.74, 6) is 3.07. The Bertz CT molecular complexity index is 450. The zero-order valence-corrected chi connectivity index (χ0v) is 24.1. The monoisotopic (exact) mass is 472 g/mol. The SMILES string of the molecule is C=C[SiH](CC1CCCCC1)C([SiH](C=C)CC1CCCCC1)[SiH](C=C)CC1CCCCC1. The number of hydrogen-bond donors (Lipinski definition) is 0. The summed E-state index contributed by atoms with van der Waals surface area (Å²) in [6.45, 7) is 13.5. The molecule has 0 radical (unpaired) electrons. The average molecular weight is 473 g/mol. The molecule has 3 fully saturated rings. The molecule has 0 heterocycles. The second kappa shape index (κ2) is 14.2. The van der Waals surface area contributed by atoms with Crippen LogP contribution in [0, 0.1) is 17.8 Å². The number of hydrogen-bond acceptors (Lipinski definition) is 0. The van der Waals surface area contributed by atoms with Crippen LogP contribution < -0.4 is 0 Å². The Balaban J connectivity index is 1.77. The van der Waals surface area contributed by atoms with E-state index in [1.54, 1.807) is 18.1 Å². The first-order valence-electron chi connectivity index (χ1n) is 14.1. The molecule has 3 rings (SSSR count). The van der Waals surface area contributed by atoms with Crippen LogP contribution in [0.15, 0.2) is 36.8 Å². The summed E-state index contributed by atoms with van der Waals surface area (Å²) in [6, 6.07) is 4.70. The van der Waals surface area contributed by atoms with Gasteiger partial charge in [0.15, 0.2) is 0 Å². The average Bonchev–Trinajstić information content (AvgIpc) is 2.84. The molecule has 3 aliphatic carbocycles. The van der Waals surface area contributed by atoms with Gasteiger partial charge in [-0.05, 0) is 17.8 Å². The lowest BCUT2D eigenvalue weighted by atomic mass is 9.91. The Hall–Kier alpha value is -0.129. The van der Waals surface area contributed by atoms with E-state index < -0.39 is 26.4 Å². The topological polar surface area (TPSA) is 0 Å². The largest absolute Gasteiger partial charge is 0.107 e. The van der Waals surface area contributed by atoms with Gasteiger partial charge in [0.2, 0.25) is 0 Å². The Morgan fingerprint density at radius 1 is 0.484 bits per heavy atom. The molecule has 0 aromatic rings. The maximum Gasteiger partial charge on any atom is 0.0590 e. The molecule has 0 N–H and O–H groups in total. The van der Waals surface area contributed by atoms with Crippen LogP contribution in [0.2, 0.25) is 22.9 Å². The Morgan fingerprint density at radius 2 is 0.742 bits per heavy atom. The smallest absolute Gasteiger partial charge is 0.0590 e. The molecule has 3 heteroatoms. The fraction of sp³-hybridized carbons (Fsp3) is 0.786. The van der Waals surface area contributed by atoms with Crippen molar-refractivity contribution in [1.29, 1.82) is 0 Å². The van der Waals surface area contributed by atoms with Crippen molar-refractivity contribution in [3.63, 3.8) is 0 Å². The van der Waals surface area contributed by atoms with Crippen molar-refractivity contribution < 1.29 is 0 Å². The summed E-state index contributed by atoms with van der Waals surface area (Å²) in [4.78, 5) is 1.08. The Kier molecular flexibility index (Phi) is 11.7. The predicted octanol–water partition coefficient (Wildman–Crippen LogP) is 8.03. The van der Waals surface area contributed by atoms with Crippen molar-refractivity contribution in [1.82, 2.24) is 0 Å². The second-order valence-corrected chi connectivity index (χ2v) is 22.9. The van der Waals surface area contributed by atoms with E-state index >= 15 is 0 Å². The van der Waals surface area contributed by atoms with E-state index in [1.807, 2.05) is 0 Å². The van der Waals surface area contributed by atoms with Gasteiger partial charge in [0.25, 0.3) is 0 Å². The van der Waals surface area contributed by atoms with Crippen LogP contribution in [0.4, 0.5) is 0 Å². The molecule has 0 bridgehead atoms. The van der Waals surface area contributed by atoms with Crippen LogP contribution >= 0.6 is 0 Å². The van der Waals surface area contributed by atoms with Gasteiger partial charge >= 0.3 is 0 Å². The van der Waals surface area contributed by atoms with Crippen LogP contribution in [0.5, 0.6) is 0 Å². The molecule has 31 heavy (non-hydrogen) atoms. The van der Waals surface area contributed by atoms with Crippen LogP contribution in [0.25, 0.3) is 0 Å². The van der Waals surface area contributed by atoms with E-state index in [2.05, 4.69) is 36.8 Å². The van der Waals surface area contributed by atoms with E-state index in [0.717, 1.165) is 22.5 Å². The van der Waals surface area contributed by atoms with Crippen molar-refractivity contribution in [2.24, 2.45) is 17.8 Å². The summed E-state index contributed by atoms with van der Waals surface area (Å²) < 4.78 is 0. The highest BCUT2D eigenvalue weighted by molar-refractivity contribution is 7.00. The van der Waals surface area contributed by atoms with Gasteiger partial charge in [0.1, 0.15) is 0 Å². The number of rotatable bonds is 12. The van der Waals surface area contributed by atoms with Gasteiger partial charge in [-0.2, -0.15) is 0 Å². The second-order valence-electron chi connectivity index (χ2n) is 11.5. The van der Waals surface area contributed by atoms with Crippen LogP contribution in [0.3, 0.4) is 0 Å². The third kappa shape index (κ3) is 8.00. The summed E-state index contributed by atoms with van der Waals surface area (Å²) in [5, 5.41) is 0. The first-order valence-corrected chi connectivity index (χ1v) is 20.6. The van der Waals surface area contributed by atoms with E-state index in [9.17, 15) is 0 Å². The lowest BCUT2D eigenvalue weighted by Crippen LogP contribution is -2.44. The maximum absolute atomic E-state index is 4.51. The molecular formula is C28H52Si3. The molecule has 0 spiro atoms. The van der Waals surface area contributed by atoms with E-state index in [4.69, 9.17) is 0 Å². The normalized spacial score (nSPS) is 25.9. The molecule has 0 amide bonds. The molecular weight excluding hydrogens is 421 g/mol. The van der Waals surface area contributed by atoms with Crippen molar-refractivity contribution in [2.45, 2.75) is 119 Å². The molecule has 0 aromatic heterocycles. The maximum atomic E-state index is 4.51. The molecule has 0 aromatic carbocycles. The minimum absolute atomic E-state index is 0.951. The van der Waals surface area contributed by atoms with Gasteiger partial charge in [-0.15, -0.1) is 36.8 Å². The molecule has 3 atom stereocenters. The fourth-order valence-electron chi connectivity index (χ4n) is 7.61. The predicted molar refractivity (Wildman–Crippen MR) is 150 cm³/mol. The fourth-order valence-corrected chi connectivity index (χ4v) is 27.1. The molecule has 0 nitrogen and oxygen atoms in total. The van der Waals surface area contributed by atoms with Crippen LogP contribution in [0.1, 0.15) is 96.3 Å².